The maximum atomic E-state index is 11.8. The molecule has 1 aromatic heterocycles. The van der Waals surface area contributed by atoms with Gasteiger partial charge in [0.15, 0.2) is 0 Å². The lowest BCUT2D eigenvalue weighted by atomic mass is 10.2. The van der Waals surface area contributed by atoms with E-state index >= 15 is 0 Å². The van der Waals surface area contributed by atoms with Crippen LogP contribution in [-0.2, 0) is 0 Å². The largest absolute Gasteiger partial charge is 0.508 e. The van der Waals surface area contributed by atoms with Crippen LogP contribution in [0.2, 0.25) is 0 Å². The van der Waals surface area contributed by atoms with Gasteiger partial charge in [-0.25, -0.2) is 4.98 Å². The zero-order valence-electron chi connectivity index (χ0n) is 8.84. The van der Waals surface area contributed by atoms with Gasteiger partial charge in [0, 0.05) is 11.5 Å². The molecule has 17 heavy (non-hydrogen) atoms. The summed E-state index contributed by atoms with van der Waals surface area (Å²) in [7, 11) is 0. The van der Waals surface area contributed by atoms with Crippen molar-refractivity contribution in [2.75, 3.05) is 5.32 Å². The number of amides is 1. The third kappa shape index (κ3) is 2.51. The van der Waals surface area contributed by atoms with Gasteiger partial charge in [0.05, 0.1) is 5.56 Å². The molecule has 88 valence electrons. The second-order valence-corrected chi connectivity index (χ2v) is 4.05. The first-order chi connectivity index (χ1) is 8.06. The fraction of sp³-hybridized carbons (Fsp3) is 0.100. The number of carbonyl (C=O) groups is 1. The van der Waals surface area contributed by atoms with Gasteiger partial charge in [-0.3, -0.25) is 10.1 Å². The van der Waals surface area contributed by atoms with E-state index in [1.807, 2.05) is 0 Å². The molecule has 0 aliphatic carbocycles. The number of phenols is 2. The Morgan fingerprint density at radius 3 is 2.82 bits per heavy atom. The summed E-state index contributed by atoms with van der Waals surface area (Å²) in [6, 6.07) is 3.72. The molecule has 0 unspecified atom stereocenters. The van der Waals surface area contributed by atoms with Crippen molar-refractivity contribution in [3.63, 3.8) is 0 Å². The summed E-state index contributed by atoms with van der Waals surface area (Å²) in [6.45, 7) is 1.71. The number of rotatable bonds is 2. The van der Waals surface area contributed by atoms with Crippen LogP contribution >= 0.6 is 11.5 Å². The number of hydrogen-bond acceptors (Lipinski definition) is 6. The minimum Gasteiger partial charge on any atom is -0.508 e. The first-order valence-electron chi connectivity index (χ1n) is 4.70. The number of phenolic OH excluding ortho intramolecular Hbond substituents is 2. The van der Waals surface area contributed by atoms with Gasteiger partial charge in [-0.15, -0.1) is 0 Å². The highest BCUT2D eigenvalue weighted by molar-refractivity contribution is 7.09. The molecule has 1 amide bonds. The van der Waals surface area contributed by atoms with Crippen LogP contribution in [-0.4, -0.2) is 25.5 Å². The van der Waals surface area contributed by atoms with Gasteiger partial charge in [-0.1, -0.05) is 0 Å². The molecule has 0 saturated heterocycles. The van der Waals surface area contributed by atoms with Crippen molar-refractivity contribution in [2.24, 2.45) is 0 Å². The number of aryl methyl sites for hydroxylation is 1. The minimum absolute atomic E-state index is 0.0159. The lowest BCUT2D eigenvalue weighted by molar-refractivity contribution is 0.102. The molecule has 0 saturated carbocycles. The quantitative estimate of drug-likeness (QED) is 0.703. The smallest absolute Gasteiger partial charge is 0.261 e. The SMILES string of the molecule is Cc1nsc(NC(=O)c2cc(O)ccc2O)n1. The first-order valence-corrected chi connectivity index (χ1v) is 5.47. The minimum atomic E-state index is -0.547. The molecule has 0 aliphatic heterocycles. The van der Waals surface area contributed by atoms with E-state index < -0.39 is 5.91 Å². The molecule has 0 atom stereocenters. The Hall–Kier alpha value is -2.15. The van der Waals surface area contributed by atoms with Crippen LogP contribution in [0.1, 0.15) is 16.2 Å². The first kappa shape index (κ1) is 11.3. The molecule has 2 rings (SSSR count). The summed E-state index contributed by atoms with van der Waals surface area (Å²) < 4.78 is 3.91. The number of hydrogen-bond donors (Lipinski definition) is 3. The molecule has 0 aliphatic rings. The molecular weight excluding hydrogens is 242 g/mol. The summed E-state index contributed by atoms with van der Waals surface area (Å²) in [5, 5.41) is 21.5. The Balaban J connectivity index is 2.22. The van der Waals surface area contributed by atoms with Crippen LogP contribution in [0.3, 0.4) is 0 Å². The van der Waals surface area contributed by atoms with Crippen LogP contribution < -0.4 is 5.32 Å². The van der Waals surface area contributed by atoms with Crippen LogP contribution in [0.25, 0.3) is 0 Å². The zero-order valence-corrected chi connectivity index (χ0v) is 9.65. The number of aromatic nitrogens is 2. The summed E-state index contributed by atoms with van der Waals surface area (Å²) in [6.07, 6.45) is 0. The normalized spacial score (nSPS) is 10.2. The van der Waals surface area contributed by atoms with Gasteiger partial charge in [-0.05, 0) is 25.1 Å². The van der Waals surface area contributed by atoms with Gasteiger partial charge in [0.25, 0.3) is 5.91 Å². The molecule has 0 fully saturated rings. The number of nitrogens with one attached hydrogen (secondary N) is 1. The van der Waals surface area contributed by atoms with E-state index in [9.17, 15) is 15.0 Å². The van der Waals surface area contributed by atoms with E-state index in [2.05, 4.69) is 14.7 Å². The van der Waals surface area contributed by atoms with Crippen molar-refractivity contribution < 1.29 is 15.0 Å². The lowest BCUT2D eigenvalue weighted by Gasteiger charge is -2.04. The molecule has 2 aromatic rings. The van der Waals surface area contributed by atoms with Crippen molar-refractivity contribution in [3.8, 4) is 11.5 Å². The molecule has 3 N–H and O–H groups in total. The highest BCUT2D eigenvalue weighted by Gasteiger charge is 2.13. The van der Waals surface area contributed by atoms with E-state index in [-0.39, 0.29) is 17.1 Å². The van der Waals surface area contributed by atoms with Crippen LogP contribution in [0, 0.1) is 6.92 Å². The predicted octanol–water partition coefficient (Wildman–Crippen LogP) is 1.51. The summed E-state index contributed by atoms with van der Waals surface area (Å²) in [5.74, 6) is -0.289. The molecule has 0 bridgehead atoms. The summed E-state index contributed by atoms with van der Waals surface area (Å²) in [4.78, 5) is 15.7. The lowest BCUT2D eigenvalue weighted by Crippen LogP contribution is -2.11. The van der Waals surface area contributed by atoms with E-state index in [0.717, 1.165) is 11.5 Å². The summed E-state index contributed by atoms with van der Waals surface area (Å²) >= 11 is 1.05. The fourth-order valence-corrected chi connectivity index (χ4v) is 1.79. The number of carbonyl (C=O) groups excluding carboxylic acids is 1. The Bertz CT molecular complexity index is 568. The molecular formula is C10H9N3O3S. The van der Waals surface area contributed by atoms with Gasteiger partial charge >= 0.3 is 0 Å². The van der Waals surface area contributed by atoms with E-state index in [1.165, 1.54) is 18.2 Å². The van der Waals surface area contributed by atoms with E-state index in [1.54, 1.807) is 6.92 Å². The molecule has 0 spiro atoms. The average molecular weight is 251 g/mol. The summed E-state index contributed by atoms with van der Waals surface area (Å²) in [5.41, 5.74) is -0.0159. The van der Waals surface area contributed by atoms with Gasteiger partial charge in [0.1, 0.15) is 17.3 Å². The maximum absolute atomic E-state index is 11.8. The fourth-order valence-electron chi connectivity index (χ4n) is 1.22. The molecule has 1 heterocycles. The Labute approximate surface area is 101 Å². The Kier molecular flexibility index (Phi) is 2.92. The van der Waals surface area contributed by atoms with Crippen molar-refractivity contribution in [1.82, 2.24) is 9.36 Å². The zero-order chi connectivity index (χ0) is 12.4. The van der Waals surface area contributed by atoms with E-state index in [4.69, 9.17) is 0 Å². The predicted molar refractivity (Wildman–Crippen MR) is 62.4 cm³/mol. The van der Waals surface area contributed by atoms with Gasteiger partial charge in [0.2, 0.25) is 5.13 Å². The number of nitrogens with zero attached hydrogens (tertiary/aromatic N) is 2. The van der Waals surface area contributed by atoms with Crippen molar-refractivity contribution in [1.29, 1.82) is 0 Å². The number of benzene rings is 1. The average Bonchev–Trinajstić information content (AvgIpc) is 2.67. The second kappa shape index (κ2) is 4.38. The van der Waals surface area contributed by atoms with Gasteiger partial charge < -0.3 is 10.2 Å². The molecule has 7 heteroatoms. The molecule has 0 radical (unpaired) electrons. The third-order valence-corrected chi connectivity index (χ3v) is 2.69. The monoisotopic (exact) mass is 251 g/mol. The van der Waals surface area contributed by atoms with Crippen LogP contribution in [0.15, 0.2) is 18.2 Å². The topological polar surface area (TPSA) is 95.3 Å². The third-order valence-electron chi connectivity index (χ3n) is 1.97. The molecule has 1 aromatic carbocycles. The Morgan fingerprint density at radius 1 is 1.41 bits per heavy atom. The highest BCUT2D eigenvalue weighted by atomic mass is 32.1. The van der Waals surface area contributed by atoms with Gasteiger partial charge in [-0.2, -0.15) is 4.37 Å². The van der Waals surface area contributed by atoms with Crippen LogP contribution in [0.4, 0.5) is 5.13 Å². The Morgan fingerprint density at radius 2 is 2.18 bits per heavy atom. The standard InChI is InChI=1S/C10H9N3O3S/c1-5-11-10(17-13-5)12-9(16)7-4-6(14)2-3-8(7)15/h2-4,14-15H,1H3,(H,11,12,13,16). The van der Waals surface area contributed by atoms with Crippen LogP contribution in [0.5, 0.6) is 11.5 Å². The maximum Gasteiger partial charge on any atom is 0.261 e. The second-order valence-electron chi connectivity index (χ2n) is 3.30. The van der Waals surface area contributed by atoms with E-state index in [0.29, 0.717) is 11.0 Å². The molecule has 6 nitrogen and oxygen atoms in total. The highest BCUT2D eigenvalue weighted by Crippen LogP contribution is 2.23. The van der Waals surface area contributed by atoms with Crippen molar-refractivity contribution in [3.05, 3.63) is 29.6 Å². The van der Waals surface area contributed by atoms with Crippen molar-refractivity contribution >= 4 is 22.6 Å². The number of anilines is 1. The number of aromatic hydroxyl groups is 2. The van der Waals surface area contributed by atoms with Crippen molar-refractivity contribution in [2.45, 2.75) is 6.92 Å².